The van der Waals surface area contributed by atoms with E-state index in [0.717, 1.165) is 0 Å². The van der Waals surface area contributed by atoms with Crippen molar-refractivity contribution in [3.63, 3.8) is 0 Å². The fourth-order valence-corrected chi connectivity index (χ4v) is 0.434. The summed E-state index contributed by atoms with van der Waals surface area (Å²) in [5.74, 6) is -7.17. The standard InChI is InChI=1S/C2HN3O8.Ni/c6-1(7)2(3(8)9,4(10)11)5(12)13;/h(H,6,7);. The Kier molecular flexibility index (Phi) is 4.63. The molecular weight excluding hydrogens is 253 g/mol. The van der Waals surface area contributed by atoms with Gasteiger partial charge in [0, 0.05) is 16.5 Å². The van der Waals surface area contributed by atoms with Crippen LogP contribution in [-0.4, -0.2) is 31.6 Å². The summed E-state index contributed by atoms with van der Waals surface area (Å²) in [6.45, 7) is 0. The molecule has 0 aromatic carbocycles. The van der Waals surface area contributed by atoms with Crippen LogP contribution in [0.3, 0.4) is 0 Å². The molecule has 14 heavy (non-hydrogen) atoms. The fourth-order valence-electron chi connectivity index (χ4n) is 0.434. The molecule has 0 amide bonds. The third-order valence-corrected chi connectivity index (χ3v) is 1.05. The molecule has 0 atom stereocenters. The Bertz CT molecular complexity index is 237. The van der Waals surface area contributed by atoms with Crippen LogP contribution >= 0.6 is 0 Å². The molecule has 1 N–H and O–H groups in total. The first-order valence-electron chi connectivity index (χ1n) is 2.44. The molecule has 12 heteroatoms. The number of hydrogen-bond acceptors (Lipinski definition) is 7. The van der Waals surface area contributed by atoms with Crippen molar-refractivity contribution < 1.29 is 41.2 Å². The molecule has 0 saturated carbocycles. The molecule has 0 aliphatic rings. The summed E-state index contributed by atoms with van der Waals surface area (Å²) < 4.78 is 0. The summed E-state index contributed by atoms with van der Waals surface area (Å²) >= 11 is 0. The van der Waals surface area contributed by atoms with Gasteiger partial charge in [0.15, 0.2) is 14.8 Å². The van der Waals surface area contributed by atoms with Crippen LogP contribution in [0.2, 0.25) is 0 Å². The van der Waals surface area contributed by atoms with Gasteiger partial charge >= 0.3 is 11.8 Å². The van der Waals surface area contributed by atoms with E-state index in [1.807, 2.05) is 0 Å². The zero-order chi connectivity index (χ0) is 10.8. The number of nitro groups is 3. The number of aliphatic carboxylic acids is 1. The first-order chi connectivity index (χ1) is 5.77. The van der Waals surface area contributed by atoms with E-state index in [0.29, 0.717) is 0 Å². The van der Waals surface area contributed by atoms with Crippen LogP contribution in [0.1, 0.15) is 0 Å². The number of carbonyl (C=O) groups is 1. The number of nitrogens with zero attached hydrogens (tertiary/aromatic N) is 3. The third kappa shape index (κ3) is 1.74. The molecule has 0 fully saturated rings. The molecule has 0 unspecified atom stereocenters. The normalized spacial score (nSPS) is 9.71. The van der Waals surface area contributed by atoms with Gasteiger partial charge in [0.25, 0.3) is 0 Å². The second-order valence-corrected chi connectivity index (χ2v) is 1.71. The minimum Gasteiger partial charge on any atom is -0.464 e. The first-order valence-corrected chi connectivity index (χ1v) is 2.44. The van der Waals surface area contributed by atoms with E-state index in [-0.39, 0.29) is 16.5 Å². The van der Waals surface area contributed by atoms with Crippen molar-refractivity contribution >= 4 is 5.97 Å². The Balaban J connectivity index is 0. The van der Waals surface area contributed by atoms with Gasteiger partial charge in [0.05, 0.1) is 0 Å². The van der Waals surface area contributed by atoms with Crippen molar-refractivity contribution in [3.8, 4) is 0 Å². The minimum absolute atomic E-state index is 0. The van der Waals surface area contributed by atoms with Crippen molar-refractivity contribution in [2.45, 2.75) is 5.79 Å². The van der Waals surface area contributed by atoms with Crippen molar-refractivity contribution in [2.24, 2.45) is 0 Å². The monoisotopic (exact) mass is 253 g/mol. The molecule has 0 aromatic heterocycles. The van der Waals surface area contributed by atoms with Crippen molar-refractivity contribution in [2.75, 3.05) is 0 Å². The van der Waals surface area contributed by atoms with Crippen LogP contribution in [0.25, 0.3) is 0 Å². The van der Waals surface area contributed by atoms with E-state index in [9.17, 15) is 35.1 Å². The van der Waals surface area contributed by atoms with Crippen LogP contribution < -0.4 is 0 Å². The summed E-state index contributed by atoms with van der Waals surface area (Å²) in [5, 5.41) is 37.7. The SMILES string of the molecule is O=C(O)C([N+](=O)[O-])([N+](=O)[O-])[N+](=O)[O-].[Ni]. The maximum absolute atomic E-state index is 10.0. The topological polar surface area (TPSA) is 167 Å². The number of carboxylic acid groups (broad SMARTS) is 1. The fraction of sp³-hybridized carbons (Fsp3) is 0.500. The van der Waals surface area contributed by atoms with Crippen molar-refractivity contribution in [1.82, 2.24) is 0 Å². The maximum Gasteiger partial charge on any atom is 0.799 e. The molecule has 82 valence electrons. The zero-order valence-corrected chi connectivity index (χ0v) is 6.95. The van der Waals surface area contributed by atoms with Crippen LogP contribution in [0.4, 0.5) is 0 Å². The Hall–Kier alpha value is -1.84. The van der Waals surface area contributed by atoms with E-state index in [1.165, 1.54) is 0 Å². The molecular formula is C2HN3NiO8. The average molecular weight is 254 g/mol. The minimum atomic E-state index is -4.42. The van der Waals surface area contributed by atoms with E-state index in [1.54, 1.807) is 0 Å². The van der Waals surface area contributed by atoms with E-state index in [2.05, 4.69) is 0 Å². The smallest absolute Gasteiger partial charge is 0.464 e. The van der Waals surface area contributed by atoms with E-state index < -0.39 is 26.5 Å². The number of carboxylic acids is 1. The molecule has 0 spiro atoms. The third-order valence-electron chi connectivity index (χ3n) is 1.05. The quantitative estimate of drug-likeness (QED) is 0.275. The van der Waals surface area contributed by atoms with Gasteiger partial charge in [-0.1, -0.05) is 0 Å². The molecule has 0 bridgehead atoms. The van der Waals surface area contributed by atoms with Crippen molar-refractivity contribution in [1.29, 1.82) is 0 Å². The van der Waals surface area contributed by atoms with Crippen molar-refractivity contribution in [3.05, 3.63) is 30.3 Å². The molecule has 0 aliphatic carbocycles. The number of rotatable bonds is 4. The maximum atomic E-state index is 10.0. The first kappa shape index (κ1) is 14.7. The summed E-state index contributed by atoms with van der Waals surface area (Å²) in [6.07, 6.45) is 0. The molecule has 0 heterocycles. The summed E-state index contributed by atoms with van der Waals surface area (Å²) in [6, 6.07) is 0. The average Bonchev–Trinajstić information content (AvgIpc) is 1.82. The van der Waals surface area contributed by atoms with Gasteiger partial charge in [-0.05, 0) is 0 Å². The molecule has 11 nitrogen and oxygen atoms in total. The van der Waals surface area contributed by atoms with Crippen LogP contribution in [-0.2, 0) is 21.3 Å². The van der Waals surface area contributed by atoms with Gasteiger partial charge in [-0.2, -0.15) is 0 Å². The Morgan fingerprint density at radius 1 is 1.00 bits per heavy atom. The summed E-state index contributed by atoms with van der Waals surface area (Å²) in [5.41, 5.74) is 0. The van der Waals surface area contributed by atoms with Crippen LogP contribution in [0, 0.1) is 30.3 Å². The predicted molar refractivity (Wildman–Crippen MR) is 31.4 cm³/mol. The second kappa shape index (κ2) is 4.41. The molecule has 0 saturated heterocycles. The Labute approximate surface area is 84.1 Å². The largest absolute Gasteiger partial charge is 0.799 e. The van der Waals surface area contributed by atoms with Gasteiger partial charge < -0.3 is 5.11 Å². The van der Waals surface area contributed by atoms with Crippen LogP contribution in [0.5, 0.6) is 0 Å². The Morgan fingerprint density at radius 2 is 1.21 bits per heavy atom. The molecule has 0 aliphatic heterocycles. The van der Waals surface area contributed by atoms with E-state index >= 15 is 0 Å². The summed E-state index contributed by atoms with van der Waals surface area (Å²) in [7, 11) is 0. The van der Waals surface area contributed by atoms with Gasteiger partial charge in [-0.3, -0.25) is 30.3 Å². The van der Waals surface area contributed by atoms with E-state index in [4.69, 9.17) is 5.11 Å². The second-order valence-electron chi connectivity index (χ2n) is 1.71. The van der Waals surface area contributed by atoms with Crippen LogP contribution in [0.15, 0.2) is 0 Å². The van der Waals surface area contributed by atoms with Gasteiger partial charge in [-0.25, -0.2) is 4.79 Å². The molecule has 0 aromatic rings. The predicted octanol–water partition coefficient (Wildman–Crippen LogP) is -1.45. The zero-order valence-electron chi connectivity index (χ0n) is 5.96. The summed E-state index contributed by atoms with van der Waals surface area (Å²) in [4.78, 5) is 33.4. The molecule has 0 radical (unpaired) electrons. The number of hydrogen-bond donors (Lipinski definition) is 1. The van der Waals surface area contributed by atoms with Gasteiger partial charge in [0.1, 0.15) is 0 Å². The van der Waals surface area contributed by atoms with Gasteiger partial charge in [0.2, 0.25) is 0 Å². The molecule has 0 rings (SSSR count). The van der Waals surface area contributed by atoms with Gasteiger partial charge in [-0.15, -0.1) is 0 Å². The Morgan fingerprint density at radius 3 is 1.21 bits per heavy atom.